The van der Waals surface area contributed by atoms with Gasteiger partial charge in [0.2, 0.25) is 5.91 Å². The fourth-order valence-electron chi connectivity index (χ4n) is 4.10. The highest BCUT2D eigenvalue weighted by molar-refractivity contribution is 6.42. The van der Waals surface area contributed by atoms with Crippen LogP contribution in [0, 0.1) is 5.92 Å². The van der Waals surface area contributed by atoms with Crippen molar-refractivity contribution in [3.63, 3.8) is 0 Å². The summed E-state index contributed by atoms with van der Waals surface area (Å²) in [5.74, 6) is -1.51. The summed E-state index contributed by atoms with van der Waals surface area (Å²) in [5.41, 5.74) is 1.81. The second-order valence-electron chi connectivity index (χ2n) is 7.36. The molecule has 3 atom stereocenters. The SMILES string of the molecule is O=C1[C@@H]2[C@@H](c3ccc(O)cc3)N(c3ccccc3)O[C@H]2C(=O)N1c1ccc(Cl)c(Cl)c1. The van der Waals surface area contributed by atoms with Gasteiger partial charge in [-0.15, -0.1) is 0 Å². The van der Waals surface area contributed by atoms with Gasteiger partial charge in [0.05, 0.1) is 27.5 Å². The zero-order chi connectivity index (χ0) is 21.7. The van der Waals surface area contributed by atoms with E-state index in [-0.39, 0.29) is 16.7 Å². The number of benzene rings is 3. The highest BCUT2D eigenvalue weighted by Gasteiger charge is 2.60. The third-order valence-corrected chi connectivity index (χ3v) is 6.26. The van der Waals surface area contributed by atoms with E-state index in [2.05, 4.69) is 0 Å². The fourth-order valence-corrected chi connectivity index (χ4v) is 4.39. The van der Waals surface area contributed by atoms with Crippen molar-refractivity contribution in [1.29, 1.82) is 0 Å². The molecule has 31 heavy (non-hydrogen) atoms. The van der Waals surface area contributed by atoms with Crippen molar-refractivity contribution in [2.24, 2.45) is 5.92 Å². The molecular formula is C23H16Cl2N2O4. The van der Waals surface area contributed by atoms with Crippen LogP contribution in [0.4, 0.5) is 11.4 Å². The topological polar surface area (TPSA) is 70.1 Å². The molecule has 0 aliphatic carbocycles. The number of carbonyl (C=O) groups excluding carboxylic acids is 2. The third kappa shape index (κ3) is 3.24. The number of imide groups is 1. The van der Waals surface area contributed by atoms with Gasteiger partial charge in [0.15, 0.2) is 6.10 Å². The van der Waals surface area contributed by atoms with Gasteiger partial charge in [-0.1, -0.05) is 53.5 Å². The normalized spacial score (nSPS) is 22.8. The molecule has 0 spiro atoms. The smallest absolute Gasteiger partial charge is 0.266 e. The second-order valence-corrected chi connectivity index (χ2v) is 8.17. The van der Waals surface area contributed by atoms with Crippen LogP contribution in [-0.4, -0.2) is 23.0 Å². The second kappa shape index (κ2) is 7.57. The summed E-state index contributed by atoms with van der Waals surface area (Å²) in [6.45, 7) is 0. The summed E-state index contributed by atoms with van der Waals surface area (Å²) < 4.78 is 0. The molecule has 3 aromatic carbocycles. The lowest BCUT2D eigenvalue weighted by atomic mass is 9.90. The van der Waals surface area contributed by atoms with E-state index in [1.807, 2.05) is 30.3 Å². The van der Waals surface area contributed by atoms with Crippen LogP contribution in [-0.2, 0) is 14.4 Å². The molecule has 0 radical (unpaired) electrons. The molecule has 6 nitrogen and oxygen atoms in total. The number of fused-ring (bicyclic) bond motifs is 1. The Kier molecular flexibility index (Phi) is 4.85. The van der Waals surface area contributed by atoms with Gasteiger partial charge in [0, 0.05) is 0 Å². The number of para-hydroxylation sites is 1. The largest absolute Gasteiger partial charge is 0.508 e. The molecule has 8 heteroatoms. The van der Waals surface area contributed by atoms with E-state index in [4.69, 9.17) is 28.0 Å². The van der Waals surface area contributed by atoms with Gasteiger partial charge in [0.1, 0.15) is 11.7 Å². The lowest BCUT2D eigenvalue weighted by molar-refractivity contribution is -0.126. The third-order valence-electron chi connectivity index (χ3n) is 5.52. The minimum atomic E-state index is -0.985. The van der Waals surface area contributed by atoms with E-state index in [9.17, 15) is 14.7 Å². The Labute approximate surface area is 188 Å². The maximum absolute atomic E-state index is 13.5. The monoisotopic (exact) mass is 454 g/mol. The predicted molar refractivity (Wildman–Crippen MR) is 117 cm³/mol. The lowest BCUT2D eigenvalue weighted by Gasteiger charge is -2.28. The molecule has 2 aliphatic heterocycles. The zero-order valence-electron chi connectivity index (χ0n) is 16.0. The Morgan fingerprint density at radius 3 is 2.19 bits per heavy atom. The summed E-state index contributed by atoms with van der Waals surface area (Å²) in [5, 5.41) is 11.9. The average molecular weight is 455 g/mol. The molecule has 2 heterocycles. The van der Waals surface area contributed by atoms with Gasteiger partial charge in [0.25, 0.3) is 5.91 Å². The van der Waals surface area contributed by atoms with Crippen molar-refractivity contribution in [3.8, 4) is 5.75 Å². The number of nitrogens with zero attached hydrogens (tertiary/aromatic N) is 2. The van der Waals surface area contributed by atoms with Gasteiger partial charge in [-0.05, 0) is 48.0 Å². The first-order valence-corrected chi connectivity index (χ1v) is 10.3. The van der Waals surface area contributed by atoms with Gasteiger partial charge < -0.3 is 5.11 Å². The number of phenolic OH excluding ortho intramolecular Hbond substituents is 1. The Morgan fingerprint density at radius 2 is 1.52 bits per heavy atom. The number of hydroxylamine groups is 1. The molecule has 2 fully saturated rings. The highest BCUT2D eigenvalue weighted by atomic mass is 35.5. The summed E-state index contributed by atoms with van der Waals surface area (Å²) in [4.78, 5) is 33.9. The Morgan fingerprint density at radius 1 is 0.806 bits per heavy atom. The van der Waals surface area contributed by atoms with Gasteiger partial charge >= 0.3 is 0 Å². The van der Waals surface area contributed by atoms with Crippen LogP contribution in [0.3, 0.4) is 0 Å². The number of anilines is 2. The molecule has 0 saturated carbocycles. The van der Waals surface area contributed by atoms with Crippen molar-refractivity contribution in [2.75, 3.05) is 9.96 Å². The van der Waals surface area contributed by atoms with Crippen molar-refractivity contribution < 1.29 is 19.5 Å². The molecule has 0 bridgehead atoms. The molecule has 0 unspecified atom stereocenters. The quantitative estimate of drug-likeness (QED) is 0.578. The minimum absolute atomic E-state index is 0.108. The number of aromatic hydroxyl groups is 1. The van der Waals surface area contributed by atoms with Gasteiger partial charge in [-0.3, -0.25) is 14.4 Å². The summed E-state index contributed by atoms with van der Waals surface area (Å²) >= 11 is 12.1. The average Bonchev–Trinajstić information content (AvgIpc) is 3.28. The molecule has 1 N–H and O–H groups in total. The number of carbonyl (C=O) groups is 2. The minimum Gasteiger partial charge on any atom is -0.508 e. The lowest BCUT2D eigenvalue weighted by Crippen LogP contribution is -2.37. The maximum Gasteiger partial charge on any atom is 0.266 e. The number of hydrogen-bond acceptors (Lipinski definition) is 5. The molecule has 156 valence electrons. The predicted octanol–water partition coefficient (Wildman–Crippen LogP) is 4.75. The van der Waals surface area contributed by atoms with Crippen LogP contribution in [0.1, 0.15) is 11.6 Å². The number of halogens is 2. The van der Waals surface area contributed by atoms with E-state index in [0.717, 1.165) is 16.2 Å². The number of rotatable bonds is 3. The van der Waals surface area contributed by atoms with Crippen LogP contribution in [0.2, 0.25) is 10.0 Å². The molecule has 2 aliphatic rings. The Balaban J connectivity index is 1.58. The first-order valence-electron chi connectivity index (χ1n) is 9.58. The van der Waals surface area contributed by atoms with Crippen molar-refractivity contribution in [1.82, 2.24) is 0 Å². The number of phenols is 1. The zero-order valence-corrected chi connectivity index (χ0v) is 17.5. The number of hydrogen-bond donors (Lipinski definition) is 1. The summed E-state index contributed by atoms with van der Waals surface area (Å²) in [6.07, 6.45) is -0.985. The van der Waals surface area contributed by atoms with E-state index in [1.54, 1.807) is 41.5 Å². The first kappa shape index (κ1) is 19.9. The summed E-state index contributed by atoms with van der Waals surface area (Å²) in [6, 6.07) is 19.9. The van der Waals surface area contributed by atoms with Crippen LogP contribution in [0.15, 0.2) is 72.8 Å². The van der Waals surface area contributed by atoms with Crippen LogP contribution >= 0.6 is 23.2 Å². The standard InChI is InChI=1S/C23H16Cl2N2O4/c24-17-11-8-15(12-18(17)25)26-22(29)19-20(13-6-9-16(28)10-7-13)27(31-21(19)23(26)30)14-4-2-1-3-5-14/h1-12,19-21,28H/t19-,20-,21-/m1/s1. The van der Waals surface area contributed by atoms with Crippen molar-refractivity contribution in [3.05, 3.63) is 88.4 Å². The summed E-state index contributed by atoms with van der Waals surface area (Å²) in [7, 11) is 0. The molecular weight excluding hydrogens is 439 g/mol. The van der Waals surface area contributed by atoms with Crippen LogP contribution in [0.5, 0.6) is 5.75 Å². The molecule has 5 rings (SSSR count). The Bertz CT molecular complexity index is 1170. The van der Waals surface area contributed by atoms with Crippen molar-refractivity contribution in [2.45, 2.75) is 12.1 Å². The fraction of sp³-hybridized carbons (Fsp3) is 0.130. The van der Waals surface area contributed by atoms with E-state index < -0.39 is 24.0 Å². The van der Waals surface area contributed by atoms with Gasteiger partial charge in [-0.2, -0.15) is 0 Å². The molecule has 3 aromatic rings. The first-order chi connectivity index (χ1) is 15.0. The van der Waals surface area contributed by atoms with E-state index >= 15 is 0 Å². The number of amides is 2. The van der Waals surface area contributed by atoms with Crippen LogP contribution < -0.4 is 9.96 Å². The van der Waals surface area contributed by atoms with E-state index in [0.29, 0.717) is 10.7 Å². The maximum atomic E-state index is 13.5. The van der Waals surface area contributed by atoms with Crippen molar-refractivity contribution >= 4 is 46.4 Å². The van der Waals surface area contributed by atoms with E-state index in [1.165, 1.54) is 6.07 Å². The Hall–Kier alpha value is -3.06. The molecule has 2 saturated heterocycles. The van der Waals surface area contributed by atoms with Crippen LogP contribution in [0.25, 0.3) is 0 Å². The molecule has 2 amide bonds. The highest BCUT2D eigenvalue weighted by Crippen LogP contribution is 2.48. The van der Waals surface area contributed by atoms with Gasteiger partial charge in [-0.25, -0.2) is 9.96 Å². The molecule has 0 aromatic heterocycles.